The summed E-state index contributed by atoms with van der Waals surface area (Å²) >= 11 is 0. The standard InChI is InChI=1S/C17H20N6O3S/c1-27(25,26)23-6-2-3-11(10-23)7-14-12(8-20-17(24)22-14)15-9-19-16-13(21-15)4-5-18-16/h4-5,8-9,11H,2-3,6-7,10H2,1H3,(H,18,19)(H,20,22,24)/t11-/m1/s1. The van der Waals surface area contributed by atoms with Crippen LogP contribution in [0.2, 0.25) is 0 Å². The van der Waals surface area contributed by atoms with E-state index in [1.165, 1.54) is 16.8 Å². The van der Waals surface area contributed by atoms with Crippen LogP contribution in [0.3, 0.4) is 0 Å². The van der Waals surface area contributed by atoms with Crippen molar-refractivity contribution >= 4 is 21.2 Å². The van der Waals surface area contributed by atoms with Gasteiger partial charge in [-0.2, -0.15) is 0 Å². The molecule has 0 bridgehead atoms. The SMILES string of the molecule is CS(=O)(=O)N1CCC[C@H](Cc2[nH]c(=O)ncc2-c2cnc3[nH]ccc3n2)C1. The van der Waals surface area contributed by atoms with Crippen LogP contribution in [0.4, 0.5) is 0 Å². The second-order valence-corrected chi connectivity index (χ2v) is 8.86. The van der Waals surface area contributed by atoms with Crippen LogP contribution in [-0.2, 0) is 16.4 Å². The average molecular weight is 388 g/mol. The third kappa shape index (κ3) is 3.76. The van der Waals surface area contributed by atoms with Gasteiger partial charge in [0.25, 0.3) is 0 Å². The summed E-state index contributed by atoms with van der Waals surface area (Å²) in [5.41, 5.74) is 3.03. The van der Waals surface area contributed by atoms with Crippen LogP contribution in [0.1, 0.15) is 18.5 Å². The number of H-pyrrole nitrogens is 2. The first-order valence-corrected chi connectivity index (χ1v) is 10.6. The predicted molar refractivity (Wildman–Crippen MR) is 101 cm³/mol. The fraction of sp³-hybridized carbons (Fsp3) is 0.412. The Labute approximate surface area is 155 Å². The van der Waals surface area contributed by atoms with Crippen LogP contribution in [0, 0.1) is 5.92 Å². The first kappa shape index (κ1) is 17.8. The van der Waals surface area contributed by atoms with Crippen molar-refractivity contribution in [1.29, 1.82) is 0 Å². The van der Waals surface area contributed by atoms with Crippen molar-refractivity contribution in [3.05, 3.63) is 40.8 Å². The molecule has 3 aromatic heterocycles. The largest absolute Gasteiger partial charge is 0.345 e. The van der Waals surface area contributed by atoms with Crippen LogP contribution in [-0.4, -0.2) is 57.0 Å². The smallest absolute Gasteiger partial charge is 0.345 e. The number of aromatic amines is 2. The van der Waals surface area contributed by atoms with Crippen molar-refractivity contribution in [2.75, 3.05) is 19.3 Å². The minimum Gasteiger partial charge on any atom is -0.345 e. The van der Waals surface area contributed by atoms with Crippen LogP contribution in [0.25, 0.3) is 22.4 Å². The van der Waals surface area contributed by atoms with Crippen molar-refractivity contribution < 1.29 is 8.42 Å². The molecule has 1 fully saturated rings. The number of piperidine rings is 1. The van der Waals surface area contributed by atoms with Gasteiger partial charge < -0.3 is 9.97 Å². The molecule has 1 atom stereocenters. The summed E-state index contributed by atoms with van der Waals surface area (Å²) in [7, 11) is -3.22. The molecule has 0 spiro atoms. The minimum absolute atomic E-state index is 0.120. The van der Waals surface area contributed by atoms with Gasteiger partial charge >= 0.3 is 5.69 Å². The molecule has 0 radical (unpaired) electrons. The second kappa shape index (κ2) is 6.86. The van der Waals surface area contributed by atoms with E-state index in [1.807, 2.05) is 6.07 Å². The molecule has 0 amide bonds. The summed E-state index contributed by atoms with van der Waals surface area (Å²) in [6, 6.07) is 1.83. The van der Waals surface area contributed by atoms with Gasteiger partial charge in [-0.1, -0.05) is 0 Å². The monoisotopic (exact) mass is 388 g/mol. The Morgan fingerprint density at radius 1 is 1.30 bits per heavy atom. The Morgan fingerprint density at radius 2 is 2.15 bits per heavy atom. The Hall–Kier alpha value is -2.59. The summed E-state index contributed by atoms with van der Waals surface area (Å²) in [4.78, 5) is 30.4. The highest BCUT2D eigenvalue weighted by atomic mass is 32.2. The average Bonchev–Trinajstić information content (AvgIpc) is 3.09. The number of fused-ring (bicyclic) bond motifs is 1. The van der Waals surface area contributed by atoms with Gasteiger partial charge in [0.1, 0.15) is 5.52 Å². The van der Waals surface area contributed by atoms with E-state index < -0.39 is 15.7 Å². The molecular formula is C17H20N6O3S. The molecule has 0 saturated carbocycles. The molecule has 1 aliphatic heterocycles. The van der Waals surface area contributed by atoms with Crippen molar-refractivity contribution in [2.45, 2.75) is 19.3 Å². The zero-order valence-corrected chi connectivity index (χ0v) is 15.7. The number of rotatable bonds is 4. The lowest BCUT2D eigenvalue weighted by Crippen LogP contribution is -2.40. The van der Waals surface area contributed by atoms with Gasteiger partial charge in [0.15, 0.2) is 5.65 Å². The highest BCUT2D eigenvalue weighted by molar-refractivity contribution is 7.88. The zero-order valence-electron chi connectivity index (χ0n) is 14.8. The zero-order chi connectivity index (χ0) is 19.0. The summed E-state index contributed by atoms with van der Waals surface area (Å²) in [5, 5.41) is 0. The number of nitrogens with one attached hydrogen (secondary N) is 2. The number of nitrogens with zero attached hydrogens (tertiary/aromatic N) is 4. The Morgan fingerprint density at radius 3 is 2.96 bits per heavy atom. The molecule has 4 heterocycles. The highest BCUT2D eigenvalue weighted by Gasteiger charge is 2.27. The lowest BCUT2D eigenvalue weighted by molar-refractivity contribution is 0.265. The molecule has 142 valence electrons. The summed E-state index contributed by atoms with van der Waals surface area (Å²) < 4.78 is 25.2. The molecule has 10 heteroatoms. The summed E-state index contributed by atoms with van der Waals surface area (Å²) in [5.74, 6) is 0.120. The van der Waals surface area contributed by atoms with E-state index in [2.05, 4.69) is 24.9 Å². The minimum atomic E-state index is -3.22. The fourth-order valence-corrected chi connectivity index (χ4v) is 4.50. The van der Waals surface area contributed by atoms with E-state index in [9.17, 15) is 13.2 Å². The first-order valence-electron chi connectivity index (χ1n) is 8.74. The van der Waals surface area contributed by atoms with E-state index in [0.29, 0.717) is 42.1 Å². The van der Waals surface area contributed by atoms with Gasteiger partial charge in [-0.3, -0.25) is 0 Å². The molecule has 0 aliphatic carbocycles. The molecule has 9 nitrogen and oxygen atoms in total. The van der Waals surface area contributed by atoms with Gasteiger partial charge in [0.05, 0.1) is 18.1 Å². The van der Waals surface area contributed by atoms with Crippen LogP contribution < -0.4 is 5.69 Å². The molecular weight excluding hydrogens is 368 g/mol. The molecule has 27 heavy (non-hydrogen) atoms. The predicted octanol–water partition coefficient (Wildman–Crippen LogP) is 0.922. The van der Waals surface area contributed by atoms with Gasteiger partial charge in [0, 0.05) is 36.7 Å². The summed E-state index contributed by atoms with van der Waals surface area (Å²) in [6.07, 6.45) is 8.40. The first-order chi connectivity index (χ1) is 12.9. The number of hydrogen-bond acceptors (Lipinski definition) is 6. The lowest BCUT2D eigenvalue weighted by atomic mass is 9.93. The number of hydrogen-bond donors (Lipinski definition) is 2. The third-order valence-electron chi connectivity index (χ3n) is 4.87. The van der Waals surface area contributed by atoms with Gasteiger partial charge in [0.2, 0.25) is 10.0 Å². The maximum absolute atomic E-state index is 11.9. The van der Waals surface area contributed by atoms with E-state index in [-0.39, 0.29) is 5.92 Å². The molecule has 3 aromatic rings. The second-order valence-electron chi connectivity index (χ2n) is 6.88. The summed E-state index contributed by atoms with van der Waals surface area (Å²) in [6.45, 7) is 0.996. The number of sulfonamides is 1. The van der Waals surface area contributed by atoms with Crippen LogP contribution >= 0.6 is 0 Å². The van der Waals surface area contributed by atoms with Crippen molar-refractivity contribution in [3.63, 3.8) is 0 Å². The topological polar surface area (TPSA) is 125 Å². The molecule has 0 aromatic carbocycles. The maximum Gasteiger partial charge on any atom is 0.345 e. The van der Waals surface area contributed by atoms with Crippen molar-refractivity contribution in [1.82, 2.24) is 29.2 Å². The quantitative estimate of drug-likeness (QED) is 0.685. The fourth-order valence-electron chi connectivity index (χ4n) is 3.56. The molecule has 4 rings (SSSR count). The van der Waals surface area contributed by atoms with Gasteiger partial charge in [-0.15, -0.1) is 0 Å². The third-order valence-corrected chi connectivity index (χ3v) is 6.14. The van der Waals surface area contributed by atoms with Gasteiger partial charge in [-0.25, -0.2) is 32.5 Å². The maximum atomic E-state index is 11.9. The van der Waals surface area contributed by atoms with Gasteiger partial charge in [-0.05, 0) is 31.2 Å². The Balaban J connectivity index is 1.66. The van der Waals surface area contributed by atoms with E-state index >= 15 is 0 Å². The molecule has 2 N–H and O–H groups in total. The number of aromatic nitrogens is 5. The van der Waals surface area contributed by atoms with E-state index in [0.717, 1.165) is 18.4 Å². The van der Waals surface area contributed by atoms with E-state index in [1.54, 1.807) is 12.4 Å². The van der Waals surface area contributed by atoms with Crippen molar-refractivity contribution in [3.8, 4) is 11.3 Å². The Bertz CT molecular complexity index is 1140. The lowest BCUT2D eigenvalue weighted by Gasteiger charge is -2.31. The normalized spacial score (nSPS) is 18.8. The molecule has 1 aliphatic rings. The highest BCUT2D eigenvalue weighted by Crippen LogP contribution is 2.26. The molecule has 0 unspecified atom stereocenters. The Kier molecular flexibility index (Phi) is 4.52. The van der Waals surface area contributed by atoms with Crippen LogP contribution in [0.5, 0.6) is 0 Å². The molecule has 1 saturated heterocycles. The van der Waals surface area contributed by atoms with Crippen LogP contribution in [0.15, 0.2) is 29.5 Å². The van der Waals surface area contributed by atoms with E-state index in [4.69, 9.17) is 0 Å². The van der Waals surface area contributed by atoms with Crippen molar-refractivity contribution in [2.24, 2.45) is 5.92 Å².